The van der Waals surface area contributed by atoms with Gasteiger partial charge in [0.1, 0.15) is 5.82 Å². The lowest BCUT2D eigenvalue weighted by Crippen LogP contribution is -2.26. The maximum absolute atomic E-state index is 13.0. The van der Waals surface area contributed by atoms with E-state index in [1.165, 1.54) is 11.1 Å². The van der Waals surface area contributed by atoms with Crippen LogP contribution in [0.3, 0.4) is 0 Å². The molecule has 0 saturated heterocycles. The molecule has 1 amide bonds. The van der Waals surface area contributed by atoms with Crippen molar-refractivity contribution in [1.29, 1.82) is 0 Å². The molecule has 0 aromatic carbocycles. The molecule has 0 aliphatic rings. The topological polar surface area (TPSA) is 59.2 Å². The monoisotopic (exact) mass is 249 g/mol. The van der Waals surface area contributed by atoms with Gasteiger partial charge in [0.05, 0.1) is 24.0 Å². The molecule has 18 heavy (non-hydrogen) atoms. The maximum Gasteiger partial charge on any atom is 0.255 e. The second-order valence-electron chi connectivity index (χ2n) is 3.99. The third-order valence-electron chi connectivity index (χ3n) is 2.37. The molecule has 0 radical (unpaired) electrons. The molecular formula is C12H12FN3O2. The number of rotatable bonds is 3. The summed E-state index contributed by atoms with van der Waals surface area (Å²) in [5.41, 5.74) is 0.951. The van der Waals surface area contributed by atoms with Gasteiger partial charge in [-0.3, -0.25) is 9.78 Å². The van der Waals surface area contributed by atoms with Crippen LogP contribution >= 0.6 is 0 Å². The summed E-state index contributed by atoms with van der Waals surface area (Å²) in [7, 11) is 1.60. The average molecular weight is 249 g/mol. The number of aromatic nitrogens is 2. The van der Waals surface area contributed by atoms with Gasteiger partial charge >= 0.3 is 0 Å². The van der Waals surface area contributed by atoms with E-state index in [2.05, 4.69) is 10.1 Å². The Kier molecular flexibility index (Phi) is 3.36. The van der Waals surface area contributed by atoms with Crippen molar-refractivity contribution in [2.24, 2.45) is 0 Å². The van der Waals surface area contributed by atoms with Crippen LogP contribution in [0.5, 0.6) is 0 Å². The fraction of sp³-hybridized carbons (Fsp3) is 0.250. The van der Waals surface area contributed by atoms with Crippen LogP contribution in [0.15, 0.2) is 29.0 Å². The minimum absolute atomic E-state index is 0.203. The van der Waals surface area contributed by atoms with E-state index in [0.717, 1.165) is 18.0 Å². The second kappa shape index (κ2) is 4.95. The van der Waals surface area contributed by atoms with Crippen molar-refractivity contribution in [3.8, 4) is 0 Å². The smallest absolute Gasteiger partial charge is 0.255 e. The third-order valence-corrected chi connectivity index (χ3v) is 2.37. The van der Waals surface area contributed by atoms with Gasteiger partial charge in [-0.1, -0.05) is 5.16 Å². The van der Waals surface area contributed by atoms with Crippen molar-refractivity contribution in [3.05, 3.63) is 47.4 Å². The van der Waals surface area contributed by atoms with E-state index in [9.17, 15) is 9.18 Å². The van der Waals surface area contributed by atoms with Gasteiger partial charge in [0, 0.05) is 19.3 Å². The molecule has 94 valence electrons. The lowest BCUT2D eigenvalue weighted by Gasteiger charge is -2.14. The van der Waals surface area contributed by atoms with Crippen molar-refractivity contribution in [2.75, 3.05) is 7.05 Å². The van der Waals surface area contributed by atoms with E-state index in [-0.39, 0.29) is 18.0 Å². The van der Waals surface area contributed by atoms with Gasteiger partial charge in [0.25, 0.3) is 5.91 Å². The minimum Gasteiger partial charge on any atom is -0.359 e. The number of carbonyl (C=O) groups excluding carboxylic acids is 1. The number of hydrogen-bond acceptors (Lipinski definition) is 4. The van der Waals surface area contributed by atoms with Crippen molar-refractivity contribution in [3.63, 3.8) is 0 Å². The molecule has 0 spiro atoms. The van der Waals surface area contributed by atoms with Crippen molar-refractivity contribution >= 4 is 5.91 Å². The molecule has 2 heterocycles. The van der Waals surface area contributed by atoms with Crippen LogP contribution in [-0.4, -0.2) is 28.0 Å². The van der Waals surface area contributed by atoms with Gasteiger partial charge in [-0.2, -0.15) is 0 Å². The summed E-state index contributed by atoms with van der Waals surface area (Å²) in [6, 6.07) is 2.89. The summed E-state index contributed by atoms with van der Waals surface area (Å²) in [5, 5.41) is 3.73. The Bertz CT molecular complexity index is 568. The molecule has 0 atom stereocenters. The Morgan fingerprint density at radius 2 is 2.22 bits per heavy atom. The predicted octanol–water partition coefficient (Wildman–Crippen LogP) is 1.79. The first kappa shape index (κ1) is 12.2. The lowest BCUT2D eigenvalue weighted by atomic mass is 10.2. The number of nitrogens with zero attached hydrogens (tertiary/aromatic N) is 3. The summed E-state index contributed by atoms with van der Waals surface area (Å²) in [4.78, 5) is 17.0. The second-order valence-corrected chi connectivity index (χ2v) is 3.99. The van der Waals surface area contributed by atoms with Crippen LogP contribution < -0.4 is 0 Å². The maximum atomic E-state index is 13.0. The quantitative estimate of drug-likeness (QED) is 0.832. The molecule has 0 unspecified atom stereocenters. The number of aryl methyl sites for hydroxylation is 1. The first-order chi connectivity index (χ1) is 8.56. The minimum atomic E-state index is -0.537. The van der Waals surface area contributed by atoms with Crippen LogP contribution in [0.4, 0.5) is 4.39 Å². The van der Waals surface area contributed by atoms with E-state index in [1.54, 1.807) is 20.0 Å². The number of hydrogen-bond donors (Lipinski definition) is 0. The van der Waals surface area contributed by atoms with Crippen LogP contribution in [0.25, 0.3) is 0 Å². The third kappa shape index (κ3) is 2.71. The fourth-order valence-electron chi connectivity index (χ4n) is 1.55. The fourth-order valence-corrected chi connectivity index (χ4v) is 1.55. The SMILES string of the molecule is Cc1cc(CN(C)C(=O)c2cncc(F)c2)on1. The molecule has 0 saturated carbocycles. The standard InChI is InChI=1S/C12H12FN3O2/c1-8-3-11(18-15-8)7-16(2)12(17)9-4-10(13)6-14-5-9/h3-6H,7H2,1-2H3. The molecule has 0 aliphatic heterocycles. The number of pyridine rings is 1. The Labute approximate surface area is 103 Å². The van der Waals surface area contributed by atoms with E-state index >= 15 is 0 Å². The van der Waals surface area contributed by atoms with Gasteiger partial charge in [0.15, 0.2) is 5.76 Å². The average Bonchev–Trinajstić information content (AvgIpc) is 2.73. The summed E-state index contributed by atoms with van der Waals surface area (Å²) in [6.07, 6.45) is 2.38. The van der Waals surface area contributed by atoms with Crippen LogP contribution in [0, 0.1) is 12.7 Å². The highest BCUT2D eigenvalue weighted by Gasteiger charge is 2.14. The van der Waals surface area contributed by atoms with Gasteiger partial charge in [-0.15, -0.1) is 0 Å². The van der Waals surface area contributed by atoms with E-state index < -0.39 is 5.82 Å². The Morgan fingerprint density at radius 1 is 1.44 bits per heavy atom. The van der Waals surface area contributed by atoms with Gasteiger partial charge < -0.3 is 9.42 Å². The first-order valence-electron chi connectivity index (χ1n) is 5.34. The Balaban J connectivity index is 2.09. The predicted molar refractivity (Wildman–Crippen MR) is 61.2 cm³/mol. The molecule has 0 N–H and O–H groups in total. The zero-order valence-corrected chi connectivity index (χ0v) is 10.1. The van der Waals surface area contributed by atoms with Gasteiger partial charge in [-0.05, 0) is 13.0 Å². The van der Waals surface area contributed by atoms with E-state index in [1.807, 2.05) is 0 Å². The van der Waals surface area contributed by atoms with E-state index in [4.69, 9.17) is 4.52 Å². The van der Waals surface area contributed by atoms with Crippen molar-refractivity contribution in [1.82, 2.24) is 15.0 Å². The molecule has 0 bridgehead atoms. The highest BCUT2D eigenvalue weighted by molar-refractivity contribution is 5.93. The Hall–Kier alpha value is -2.24. The highest BCUT2D eigenvalue weighted by atomic mass is 19.1. The van der Waals surface area contributed by atoms with E-state index in [0.29, 0.717) is 5.76 Å². The number of amides is 1. The van der Waals surface area contributed by atoms with Crippen molar-refractivity contribution in [2.45, 2.75) is 13.5 Å². The lowest BCUT2D eigenvalue weighted by molar-refractivity contribution is 0.0771. The zero-order valence-electron chi connectivity index (χ0n) is 10.1. The summed E-state index contributed by atoms with van der Waals surface area (Å²) in [6.45, 7) is 2.07. The molecule has 6 heteroatoms. The largest absolute Gasteiger partial charge is 0.359 e. The van der Waals surface area contributed by atoms with Gasteiger partial charge in [-0.25, -0.2) is 4.39 Å². The first-order valence-corrected chi connectivity index (χ1v) is 5.34. The normalized spacial score (nSPS) is 10.4. The van der Waals surface area contributed by atoms with Gasteiger partial charge in [0.2, 0.25) is 0 Å². The molecule has 0 fully saturated rings. The molecular weight excluding hydrogens is 237 g/mol. The summed E-state index contributed by atoms with van der Waals surface area (Å²) >= 11 is 0. The molecule has 5 nitrogen and oxygen atoms in total. The van der Waals surface area contributed by atoms with Crippen LogP contribution in [0.1, 0.15) is 21.8 Å². The molecule has 2 aromatic rings. The number of carbonyl (C=O) groups is 1. The molecule has 0 aliphatic carbocycles. The Morgan fingerprint density at radius 3 is 2.83 bits per heavy atom. The zero-order chi connectivity index (χ0) is 13.1. The summed E-state index contributed by atoms with van der Waals surface area (Å²) < 4.78 is 18.0. The van der Waals surface area contributed by atoms with Crippen molar-refractivity contribution < 1.29 is 13.7 Å². The molecule has 2 rings (SSSR count). The summed E-state index contributed by atoms with van der Waals surface area (Å²) in [5.74, 6) is -0.284. The highest BCUT2D eigenvalue weighted by Crippen LogP contribution is 2.09. The van der Waals surface area contributed by atoms with Crippen LogP contribution in [-0.2, 0) is 6.54 Å². The van der Waals surface area contributed by atoms with Crippen LogP contribution in [0.2, 0.25) is 0 Å². The number of halogens is 1. The molecule has 2 aromatic heterocycles.